The summed E-state index contributed by atoms with van der Waals surface area (Å²) in [5.74, 6) is -1.65. The summed E-state index contributed by atoms with van der Waals surface area (Å²) in [4.78, 5) is 22.6. The molecule has 0 bridgehead atoms. The molecular formula is C10H8FNO3S. The molecule has 1 heterocycles. The Labute approximate surface area is 94.8 Å². The summed E-state index contributed by atoms with van der Waals surface area (Å²) in [6.07, 6.45) is 0. The number of carbonyl (C=O) groups excluding carboxylic acids is 2. The Morgan fingerprint density at radius 2 is 2.12 bits per heavy atom. The number of thioether (sulfide) groups is 1. The molecule has 2 N–H and O–H groups in total. The van der Waals surface area contributed by atoms with Crippen LogP contribution in [-0.4, -0.2) is 29.2 Å². The molecule has 0 saturated carbocycles. The molecule has 0 unspecified atom stereocenters. The fraction of sp³-hybridized carbons (Fsp3) is 0.200. The zero-order valence-electron chi connectivity index (χ0n) is 8.12. The number of benzene rings is 1. The molecule has 6 heteroatoms. The fourth-order valence-electron chi connectivity index (χ4n) is 1.41. The summed E-state index contributed by atoms with van der Waals surface area (Å²) >= 11 is 1.13. The lowest BCUT2D eigenvalue weighted by Gasteiger charge is -2.04. The van der Waals surface area contributed by atoms with Gasteiger partial charge in [-0.05, 0) is 12.1 Å². The number of nitrogens with one attached hydrogen (secondary N) is 1. The molecule has 1 aromatic carbocycles. The van der Waals surface area contributed by atoms with Gasteiger partial charge in [-0.3, -0.25) is 9.59 Å². The van der Waals surface area contributed by atoms with Gasteiger partial charge < -0.3 is 10.4 Å². The van der Waals surface area contributed by atoms with E-state index in [9.17, 15) is 14.0 Å². The van der Waals surface area contributed by atoms with Crippen molar-refractivity contribution in [3.05, 3.63) is 23.5 Å². The normalized spacial score (nSPS) is 13.9. The Morgan fingerprint density at radius 3 is 2.81 bits per heavy atom. The minimum atomic E-state index is -0.737. The van der Waals surface area contributed by atoms with E-state index in [0.717, 1.165) is 17.8 Å². The second-order valence-corrected chi connectivity index (χ2v) is 4.32. The van der Waals surface area contributed by atoms with Gasteiger partial charge in [-0.2, -0.15) is 0 Å². The summed E-state index contributed by atoms with van der Waals surface area (Å²) < 4.78 is 13.5. The Bertz CT molecular complexity index is 475. The van der Waals surface area contributed by atoms with Crippen LogP contribution in [0.4, 0.5) is 10.1 Å². The van der Waals surface area contributed by atoms with E-state index in [2.05, 4.69) is 5.32 Å². The van der Waals surface area contributed by atoms with Crippen LogP contribution in [0.5, 0.6) is 0 Å². The summed E-state index contributed by atoms with van der Waals surface area (Å²) in [5.41, 5.74) is 0.396. The average molecular weight is 241 g/mol. The van der Waals surface area contributed by atoms with E-state index in [4.69, 9.17) is 5.11 Å². The molecule has 1 aliphatic heterocycles. The number of hydrogen-bond acceptors (Lipinski definition) is 4. The van der Waals surface area contributed by atoms with Crippen LogP contribution in [0, 0.1) is 5.82 Å². The largest absolute Gasteiger partial charge is 0.396 e. The minimum absolute atomic E-state index is 0.0630. The summed E-state index contributed by atoms with van der Waals surface area (Å²) in [5, 5.41) is 11.0. The van der Waals surface area contributed by atoms with Crippen molar-refractivity contribution in [2.75, 3.05) is 17.7 Å². The van der Waals surface area contributed by atoms with E-state index >= 15 is 0 Å². The molecule has 1 amide bonds. The zero-order valence-corrected chi connectivity index (χ0v) is 8.94. The van der Waals surface area contributed by atoms with Gasteiger partial charge in [0.25, 0.3) is 11.7 Å². The maximum atomic E-state index is 13.5. The van der Waals surface area contributed by atoms with Crippen LogP contribution in [0.15, 0.2) is 17.0 Å². The number of halogens is 1. The molecule has 0 radical (unpaired) electrons. The van der Waals surface area contributed by atoms with Gasteiger partial charge in [-0.15, -0.1) is 11.8 Å². The van der Waals surface area contributed by atoms with E-state index in [0.29, 0.717) is 16.3 Å². The van der Waals surface area contributed by atoms with Crippen molar-refractivity contribution in [1.82, 2.24) is 0 Å². The smallest absolute Gasteiger partial charge is 0.296 e. The molecule has 0 saturated heterocycles. The van der Waals surface area contributed by atoms with Crippen molar-refractivity contribution >= 4 is 29.1 Å². The van der Waals surface area contributed by atoms with Crippen molar-refractivity contribution < 1.29 is 19.1 Å². The molecule has 84 valence electrons. The maximum Gasteiger partial charge on any atom is 0.296 e. The summed E-state index contributed by atoms with van der Waals surface area (Å²) in [6.45, 7) is -0.0630. The Morgan fingerprint density at radius 1 is 1.38 bits per heavy atom. The number of amides is 1. The first-order valence-electron chi connectivity index (χ1n) is 4.56. The minimum Gasteiger partial charge on any atom is -0.396 e. The Balaban J connectivity index is 2.36. The number of fused-ring (bicyclic) bond motifs is 1. The number of hydrogen-bond donors (Lipinski definition) is 2. The lowest BCUT2D eigenvalue weighted by Crippen LogP contribution is -2.12. The average Bonchev–Trinajstić information content (AvgIpc) is 2.52. The molecule has 1 aliphatic rings. The third-order valence-corrected chi connectivity index (χ3v) is 3.13. The number of Topliss-reactive ketones (excluding diaryl/α,β-unsaturated/α-hetero) is 1. The molecule has 0 spiro atoms. The molecule has 0 aliphatic carbocycles. The van der Waals surface area contributed by atoms with Crippen LogP contribution in [0.1, 0.15) is 10.4 Å². The van der Waals surface area contributed by atoms with Crippen LogP contribution >= 0.6 is 11.8 Å². The first-order valence-corrected chi connectivity index (χ1v) is 5.55. The number of rotatable bonds is 3. The number of ketones is 1. The van der Waals surface area contributed by atoms with Crippen molar-refractivity contribution in [1.29, 1.82) is 0 Å². The Kier molecular flexibility index (Phi) is 2.93. The lowest BCUT2D eigenvalue weighted by atomic mass is 10.1. The van der Waals surface area contributed by atoms with Crippen molar-refractivity contribution in [3.8, 4) is 0 Å². The topological polar surface area (TPSA) is 66.4 Å². The highest BCUT2D eigenvalue weighted by atomic mass is 32.2. The highest BCUT2D eigenvalue weighted by Crippen LogP contribution is 2.31. The van der Waals surface area contributed by atoms with Crippen molar-refractivity contribution in [3.63, 3.8) is 0 Å². The van der Waals surface area contributed by atoms with Gasteiger partial charge in [0.05, 0.1) is 17.9 Å². The third-order valence-electron chi connectivity index (χ3n) is 2.12. The van der Waals surface area contributed by atoms with Crippen LogP contribution in [-0.2, 0) is 4.79 Å². The first-order chi connectivity index (χ1) is 7.63. The van der Waals surface area contributed by atoms with Gasteiger partial charge in [0, 0.05) is 10.6 Å². The fourth-order valence-corrected chi connectivity index (χ4v) is 2.12. The highest BCUT2D eigenvalue weighted by Gasteiger charge is 2.29. The van der Waals surface area contributed by atoms with Crippen LogP contribution in [0.25, 0.3) is 0 Å². The summed E-state index contributed by atoms with van der Waals surface area (Å²) in [7, 11) is 0. The van der Waals surface area contributed by atoms with Crippen LogP contribution in [0.2, 0.25) is 0 Å². The molecule has 2 rings (SSSR count). The second-order valence-electron chi connectivity index (χ2n) is 3.18. The van der Waals surface area contributed by atoms with E-state index in [1.165, 1.54) is 6.07 Å². The molecule has 0 atom stereocenters. The molecule has 4 nitrogen and oxygen atoms in total. The number of anilines is 1. The molecular weight excluding hydrogens is 233 g/mol. The monoisotopic (exact) mass is 241 g/mol. The maximum absolute atomic E-state index is 13.5. The predicted molar refractivity (Wildman–Crippen MR) is 57.2 cm³/mol. The highest BCUT2D eigenvalue weighted by molar-refractivity contribution is 7.99. The molecule has 1 aromatic rings. The van der Waals surface area contributed by atoms with Gasteiger partial charge in [-0.25, -0.2) is 4.39 Å². The quantitative estimate of drug-likeness (QED) is 0.613. The van der Waals surface area contributed by atoms with Gasteiger partial charge >= 0.3 is 0 Å². The van der Waals surface area contributed by atoms with E-state index in [1.807, 2.05) is 0 Å². The molecule has 0 aromatic heterocycles. The predicted octanol–water partition coefficient (Wildman–Crippen LogP) is 1.04. The molecule has 16 heavy (non-hydrogen) atoms. The Hall–Kier alpha value is -1.40. The second kappa shape index (κ2) is 4.23. The standard InChI is InChI=1S/C10H8FNO3S/c11-6-3-5-7(12-10(15)9(5)14)4-8(6)16-2-1-13/h3-4,13H,1-2H2,(H,12,14,15). The van der Waals surface area contributed by atoms with Crippen molar-refractivity contribution in [2.45, 2.75) is 4.90 Å². The van der Waals surface area contributed by atoms with Gasteiger partial charge in [-0.1, -0.05) is 0 Å². The van der Waals surface area contributed by atoms with E-state index in [-0.39, 0.29) is 12.2 Å². The van der Waals surface area contributed by atoms with Gasteiger partial charge in [0.15, 0.2) is 0 Å². The van der Waals surface area contributed by atoms with Crippen molar-refractivity contribution in [2.24, 2.45) is 0 Å². The number of carbonyl (C=O) groups is 2. The molecule has 0 fully saturated rings. The van der Waals surface area contributed by atoms with Gasteiger partial charge in [0.1, 0.15) is 5.82 Å². The van der Waals surface area contributed by atoms with Gasteiger partial charge in [0.2, 0.25) is 0 Å². The van der Waals surface area contributed by atoms with E-state index in [1.54, 1.807) is 0 Å². The number of aliphatic hydroxyl groups is 1. The first kappa shape index (κ1) is 11.1. The SMILES string of the molecule is O=C1Nc2cc(SCCO)c(F)cc2C1=O. The number of aliphatic hydroxyl groups excluding tert-OH is 1. The van der Waals surface area contributed by atoms with E-state index < -0.39 is 17.5 Å². The lowest BCUT2D eigenvalue weighted by molar-refractivity contribution is -0.112. The van der Waals surface area contributed by atoms with Crippen LogP contribution in [0.3, 0.4) is 0 Å². The van der Waals surface area contributed by atoms with Crippen LogP contribution < -0.4 is 5.32 Å². The zero-order chi connectivity index (χ0) is 11.7. The third kappa shape index (κ3) is 1.81. The summed E-state index contributed by atoms with van der Waals surface area (Å²) in [6, 6.07) is 2.46.